The van der Waals surface area contributed by atoms with E-state index in [1.807, 2.05) is 6.07 Å². The number of nitrogens with one attached hydrogen (secondary N) is 1. The fraction of sp³-hybridized carbons (Fsp3) is 0.600. The third-order valence-corrected chi connectivity index (χ3v) is 3.22. The first kappa shape index (κ1) is 8.17. The van der Waals surface area contributed by atoms with Gasteiger partial charge in [-0.2, -0.15) is 0 Å². The summed E-state index contributed by atoms with van der Waals surface area (Å²) in [6, 6.07) is 1.86. The number of anilines is 1. The molecule has 2 saturated heterocycles. The monoisotopic (exact) mass is 190 g/mol. The lowest BCUT2D eigenvalue weighted by atomic mass is 9.82. The maximum atomic E-state index is 4.24. The lowest BCUT2D eigenvalue weighted by Gasteiger charge is -2.46. The van der Waals surface area contributed by atoms with Gasteiger partial charge < -0.3 is 10.2 Å². The Hall–Kier alpha value is -1.16. The van der Waals surface area contributed by atoms with Crippen molar-refractivity contribution in [3.8, 4) is 0 Å². The second kappa shape index (κ2) is 3.20. The molecule has 1 aromatic heterocycles. The summed E-state index contributed by atoms with van der Waals surface area (Å²) in [4.78, 5) is 10.7. The molecule has 2 aliphatic rings. The summed E-state index contributed by atoms with van der Waals surface area (Å²) in [5.41, 5.74) is 0. The third-order valence-electron chi connectivity index (χ3n) is 3.22. The van der Waals surface area contributed by atoms with Crippen LogP contribution < -0.4 is 10.2 Å². The minimum Gasteiger partial charge on any atom is -0.340 e. The average Bonchev–Trinajstić information content (AvgIpc) is 2.09. The molecule has 0 radical (unpaired) electrons. The molecule has 0 spiro atoms. The van der Waals surface area contributed by atoms with E-state index < -0.39 is 0 Å². The van der Waals surface area contributed by atoms with Crippen molar-refractivity contribution in [3.05, 3.63) is 18.5 Å². The molecule has 0 aliphatic carbocycles. The van der Waals surface area contributed by atoms with E-state index in [-0.39, 0.29) is 0 Å². The molecule has 2 aliphatic heterocycles. The van der Waals surface area contributed by atoms with E-state index >= 15 is 0 Å². The summed E-state index contributed by atoms with van der Waals surface area (Å²) in [5.74, 6) is 2.64. The topological polar surface area (TPSA) is 41.1 Å². The molecule has 1 N–H and O–H groups in total. The second-order valence-corrected chi connectivity index (χ2v) is 4.13. The molecule has 4 nitrogen and oxygen atoms in total. The van der Waals surface area contributed by atoms with Gasteiger partial charge in [0.1, 0.15) is 0 Å². The molecule has 74 valence electrons. The van der Waals surface area contributed by atoms with Crippen LogP contribution in [0.15, 0.2) is 18.5 Å². The largest absolute Gasteiger partial charge is 0.340 e. The summed E-state index contributed by atoms with van der Waals surface area (Å²) in [6.45, 7) is 4.68. The number of rotatable bonds is 2. The van der Waals surface area contributed by atoms with Gasteiger partial charge in [0, 0.05) is 25.5 Å². The molecular formula is C10H14N4. The molecule has 0 bridgehead atoms. The predicted molar refractivity (Wildman–Crippen MR) is 54.1 cm³/mol. The van der Waals surface area contributed by atoms with Crippen LogP contribution in [0.5, 0.6) is 0 Å². The van der Waals surface area contributed by atoms with E-state index in [1.54, 1.807) is 12.4 Å². The van der Waals surface area contributed by atoms with E-state index in [2.05, 4.69) is 20.2 Å². The molecule has 14 heavy (non-hydrogen) atoms. The molecule has 3 rings (SSSR count). The quantitative estimate of drug-likeness (QED) is 0.720. The molecule has 2 fully saturated rings. The molecule has 0 unspecified atom stereocenters. The van der Waals surface area contributed by atoms with Crippen molar-refractivity contribution >= 4 is 5.95 Å². The van der Waals surface area contributed by atoms with Crippen molar-refractivity contribution in [2.45, 2.75) is 0 Å². The van der Waals surface area contributed by atoms with Crippen LogP contribution >= 0.6 is 0 Å². The van der Waals surface area contributed by atoms with Gasteiger partial charge >= 0.3 is 0 Å². The first-order valence-corrected chi connectivity index (χ1v) is 5.16. The highest BCUT2D eigenvalue weighted by Gasteiger charge is 2.37. The van der Waals surface area contributed by atoms with Gasteiger partial charge in [-0.05, 0) is 31.0 Å². The van der Waals surface area contributed by atoms with Crippen LogP contribution in [0.4, 0.5) is 5.95 Å². The highest BCUT2D eigenvalue weighted by atomic mass is 15.3. The highest BCUT2D eigenvalue weighted by molar-refractivity contribution is 5.33. The van der Waals surface area contributed by atoms with Gasteiger partial charge in [-0.15, -0.1) is 0 Å². The zero-order chi connectivity index (χ0) is 9.38. The first-order valence-electron chi connectivity index (χ1n) is 5.16. The summed E-state index contributed by atoms with van der Waals surface area (Å²) < 4.78 is 0. The summed E-state index contributed by atoms with van der Waals surface area (Å²) in [6.07, 6.45) is 3.61. The van der Waals surface area contributed by atoms with Gasteiger partial charge in [0.25, 0.3) is 0 Å². The van der Waals surface area contributed by atoms with Gasteiger partial charge in [-0.1, -0.05) is 0 Å². The van der Waals surface area contributed by atoms with Crippen LogP contribution in [-0.4, -0.2) is 36.1 Å². The SMILES string of the molecule is c1cnc(N2CC(C3CNC3)C2)nc1. The maximum absolute atomic E-state index is 4.24. The van der Waals surface area contributed by atoms with Crippen LogP contribution in [0.1, 0.15) is 0 Å². The fourth-order valence-electron chi connectivity index (χ4n) is 2.07. The average molecular weight is 190 g/mol. The zero-order valence-corrected chi connectivity index (χ0v) is 8.06. The van der Waals surface area contributed by atoms with Gasteiger partial charge in [-0.3, -0.25) is 0 Å². The van der Waals surface area contributed by atoms with E-state index in [9.17, 15) is 0 Å². The molecule has 0 amide bonds. The lowest BCUT2D eigenvalue weighted by molar-refractivity contribution is 0.196. The van der Waals surface area contributed by atoms with Crippen LogP contribution in [0, 0.1) is 11.8 Å². The zero-order valence-electron chi connectivity index (χ0n) is 8.06. The molecule has 0 saturated carbocycles. The van der Waals surface area contributed by atoms with Gasteiger partial charge in [0.05, 0.1) is 0 Å². The van der Waals surface area contributed by atoms with Gasteiger partial charge in [0.15, 0.2) is 0 Å². The standard InChI is InChI=1S/C10H14N4/c1-2-12-10(13-3-1)14-6-9(7-14)8-4-11-5-8/h1-3,8-9,11H,4-7H2. The Kier molecular flexibility index (Phi) is 1.87. The molecule has 0 atom stereocenters. The van der Waals surface area contributed by atoms with E-state index in [1.165, 1.54) is 13.1 Å². The Bertz CT molecular complexity index is 303. The van der Waals surface area contributed by atoms with E-state index in [0.29, 0.717) is 0 Å². The Morgan fingerprint density at radius 2 is 1.86 bits per heavy atom. The number of hydrogen-bond donors (Lipinski definition) is 1. The number of nitrogens with zero attached hydrogens (tertiary/aromatic N) is 3. The van der Waals surface area contributed by atoms with E-state index in [0.717, 1.165) is 30.9 Å². The number of hydrogen-bond acceptors (Lipinski definition) is 4. The molecule has 4 heteroatoms. The summed E-state index contributed by atoms with van der Waals surface area (Å²) in [7, 11) is 0. The maximum Gasteiger partial charge on any atom is 0.225 e. The van der Waals surface area contributed by atoms with Crippen molar-refractivity contribution in [2.75, 3.05) is 31.1 Å². The highest BCUT2D eigenvalue weighted by Crippen LogP contribution is 2.28. The van der Waals surface area contributed by atoms with Crippen LogP contribution in [0.2, 0.25) is 0 Å². The predicted octanol–water partition coefficient (Wildman–Crippen LogP) is 0.132. The molecule has 1 aromatic rings. The number of aromatic nitrogens is 2. The summed E-state index contributed by atoms with van der Waals surface area (Å²) >= 11 is 0. The minimum absolute atomic E-state index is 0.861. The molecule has 0 aromatic carbocycles. The Labute approximate surface area is 83.4 Å². The van der Waals surface area contributed by atoms with E-state index in [4.69, 9.17) is 0 Å². The smallest absolute Gasteiger partial charge is 0.225 e. The normalized spacial score (nSPS) is 23.0. The molecule has 3 heterocycles. The fourth-order valence-corrected chi connectivity index (χ4v) is 2.07. The van der Waals surface area contributed by atoms with Crippen molar-refractivity contribution in [2.24, 2.45) is 11.8 Å². The Morgan fingerprint density at radius 3 is 2.43 bits per heavy atom. The van der Waals surface area contributed by atoms with Crippen LogP contribution in [0.3, 0.4) is 0 Å². The van der Waals surface area contributed by atoms with Gasteiger partial charge in [-0.25, -0.2) is 9.97 Å². The van der Waals surface area contributed by atoms with Crippen LogP contribution in [-0.2, 0) is 0 Å². The summed E-state index contributed by atoms with van der Waals surface area (Å²) in [5, 5.41) is 3.32. The Balaban J connectivity index is 1.59. The Morgan fingerprint density at radius 1 is 1.14 bits per heavy atom. The van der Waals surface area contributed by atoms with Crippen molar-refractivity contribution in [1.82, 2.24) is 15.3 Å². The minimum atomic E-state index is 0.861. The second-order valence-electron chi connectivity index (χ2n) is 4.13. The first-order chi connectivity index (χ1) is 6.93. The third kappa shape index (κ3) is 1.26. The van der Waals surface area contributed by atoms with Gasteiger partial charge in [0.2, 0.25) is 5.95 Å². The van der Waals surface area contributed by atoms with Crippen molar-refractivity contribution < 1.29 is 0 Å². The van der Waals surface area contributed by atoms with Crippen molar-refractivity contribution in [3.63, 3.8) is 0 Å². The molecular weight excluding hydrogens is 176 g/mol. The lowest BCUT2D eigenvalue weighted by Crippen LogP contribution is -2.58. The van der Waals surface area contributed by atoms with Crippen molar-refractivity contribution in [1.29, 1.82) is 0 Å². The van der Waals surface area contributed by atoms with Crippen LogP contribution in [0.25, 0.3) is 0 Å².